The number of para-hydroxylation sites is 2. The molecule has 10 aromatic rings. The van der Waals surface area contributed by atoms with Crippen LogP contribution in [0.2, 0.25) is 0 Å². The van der Waals surface area contributed by atoms with Gasteiger partial charge in [-0.1, -0.05) is 133 Å². The maximum absolute atomic E-state index is 16.4. The van der Waals surface area contributed by atoms with Gasteiger partial charge in [0.25, 0.3) is 5.92 Å². The van der Waals surface area contributed by atoms with E-state index in [0.717, 1.165) is 66.3 Å². The minimum Gasteiger partial charge on any atom is -0.256 e. The number of rotatable bonds is 6. The van der Waals surface area contributed by atoms with Gasteiger partial charge in [0.2, 0.25) is 0 Å². The second kappa shape index (κ2) is 13.7. The number of hydrogen-bond acceptors (Lipinski definition) is 5. The van der Waals surface area contributed by atoms with Gasteiger partial charge in [-0.15, -0.1) is 0 Å². The summed E-state index contributed by atoms with van der Waals surface area (Å²) in [6.07, 6.45) is 3.61. The van der Waals surface area contributed by atoms with Gasteiger partial charge in [-0.3, -0.25) is 9.97 Å². The molecular weight excluding hydrogens is 733 g/mol. The molecule has 11 rings (SSSR count). The molecule has 7 heteroatoms. The Morgan fingerprint density at radius 1 is 0.322 bits per heavy atom. The minimum atomic E-state index is -3.19. The van der Waals surface area contributed by atoms with Crippen molar-refractivity contribution in [3.05, 3.63) is 199 Å². The zero-order valence-electron chi connectivity index (χ0n) is 31.4. The SMILES string of the molecule is FC1(F)c2ccc(-c3cc(-c4cccc5cccnc45)cc(-c4cccc5cccnc45)c3)cc2-c2cc(-c3nc(-c4ccccc4)nc(-c4ccccc4)n3)ccc21. The first-order valence-electron chi connectivity index (χ1n) is 19.4. The number of halogens is 2. The van der Waals surface area contributed by atoms with Crippen molar-refractivity contribution in [2.75, 3.05) is 0 Å². The fraction of sp³-hybridized carbons (Fsp3) is 0.0192. The highest BCUT2D eigenvalue weighted by Gasteiger charge is 2.44. The van der Waals surface area contributed by atoms with Crippen LogP contribution in [0, 0.1) is 0 Å². The van der Waals surface area contributed by atoms with E-state index in [0.29, 0.717) is 34.2 Å². The number of nitrogens with zero attached hydrogens (tertiary/aromatic N) is 5. The predicted molar refractivity (Wildman–Crippen MR) is 231 cm³/mol. The third-order valence-corrected chi connectivity index (χ3v) is 11.1. The monoisotopic (exact) mass is 763 g/mol. The normalized spacial score (nSPS) is 12.7. The van der Waals surface area contributed by atoms with Gasteiger partial charge in [-0.05, 0) is 75.8 Å². The fourth-order valence-electron chi connectivity index (χ4n) is 8.26. The van der Waals surface area contributed by atoms with Gasteiger partial charge in [0.1, 0.15) is 0 Å². The molecule has 7 aromatic carbocycles. The molecule has 0 spiro atoms. The van der Waals surface area contributed by atoms with E-state index in [9.17, 15) is 0 Å². The molecule has 1 aliphatic rings. The van der Waals surface area contributed by atoms with Crippen molar-refractivity contribution in [2.45, 2.75) is 5.92 Å². The van der Waals surface area contributed by atoms with Crippen molar-refractivity contribution in [3.8, 4) is 78.7 Å². The number of fused-ring (bicyclic) bond motifs is 5. The van der Waals surface area contributed by atoms with Crippen molar-refractivity contribution < 1.29 is 8.78 Å². The molecule has 3 heterocycles. The van der Waals surface area contributed by atoms with Crippen LogP contribution in [0.4, 0.5) is 8.78 Å². The highest BCUT2D eigenvalue weighted by Crippen LogP contribution is 2.53. The largest absolute Gasteiger partial charge is 0.299 e. The zero-order valence-corrected chi connectivity index (χ0v) is 31.4. The summed E-state index contributed by atoms with van der Waals surface area (Å²) in [6, 6.07) is 56.4. The molecule has 0 atom stereocenters. The Kier molecular flexibility index (Phi) is 8.01. The molecule has 1 aliphatic carbocycles. The lowest BCUT2D eigenvalue weighted by Gasteiger charge is -2.15. The van der Waals surface area contributed by atoms with Crippen LogP contribution in [0.3, 0.4) is 0 Å². The summed E-state index contributed by atoms with van der Waals surface area (Å²) >= 11 is 0. The Balaban J connectivity index is 1.08. The van der Waals surface area contributed by atoms with Crippen LogP contribution in [0.5, 0.6) is 0 Å². The molecule has 0 saturated heterocycles. The van der Waals surface area contributed by atoms with Crippen molar-refractivity contribution in [3.63, 3.8) is 0 Å². The van der Waals surface area contributed by atoms with Crippen LogP contribution in [0.25, 0.3) is 100 Å². The first-order chi connectivity index (χ1) is 29.0. The maximum Gasteiger partial charge on any atom is 0.299 e. The molecule has 0 amide bonds. The summed E-state index contributed by atoms with van der Waals surface area (Å²) in [7, 11) is 0. The average Bonchev–Trinajstić information content (AvgIpc) is 3.53. The maximum atomic E-state index is 16.4. The summed E-state index contributed by atoms with van der Waals surface area (Å²) in [6.45, 7) is 0. The van der Waals surface area contributed by atoms with Gasteiger partial charge in [-0.2, -0.15) is 8.78 Å². The third kappa shape index (κ3) is 5.94. The highest BCUT2D eigenvalue weighted by molar-refractivity contribution is 5.99. The smallest absolute Gasteiger partial charge is 0.256 e. The Bertz CT molecular complexity index is 3090. The first kappa shape index (κ1) is 34.5. The van der Waals surface area contributed by atoms with Crippen molar-refractivity contribution in [2.24, 2.45) is 0 Å². The lowest BCUT2D eigenvalue weighted by molar-refractivity contribution is 0.0480. The second-order valence-corrected chi connectivity index (χ2v) is 14.7. The third-order valence-electron chi connectivity index (χ3n) is 11.1. The van der Waals surface area contributed by atoms with E-state index in [2.05, 4.69) is 54.6 Å². The van der Waals surface area contributed by atoms with Gasteiger partial charge in [-0.25, -0.2) is 15.0 Å². The van der Waals surface area contributed by atoms with Crippen LogP contribution in [0.1, 0.15) is 11.1 Å². The molecule has 0 bridgehead atoms. The standard InChI is InChI=1S/C52H31F2N5/c53-52(54)45-23-21-36(38-27-39(41-19-7-15-32-17-9-25-55-47(32)41)29-40(28-38)42-20-8-16-33-18-10-26-56-48(33)42)30-43(45)44-31-37(22-24-46(44)52)51-58-49(34-11-3-1-4-12-34)57-50(59-51)35-13-5-2-6-14-35/h1-31H. The quantitative estimate of drug-likeness (QED) is 0.169. The van der Waals surface area contributed by atoms with E-state index in [4.69, 9.17) is 24.9 Å². The Morgan fingerprint density at radius 3 is 1.29 bits per heavy atom. The second-order valence-electron chi connectivity index (χ2n) is 14.7. The van der Waals surface area contributed by atoms with Crippen molar-refractivity contribution >= 4 is 21.8 Å². The lowest BCUT2D eigenvalue weighted by atomic mass is 9.90. The Labute approximate surface area is 338 Å². The Hall–Kier alpha value is -7.77. The molecule has 0 fully saturated rings. The summed E-state index contributed by atoms with van der Waals surface area (Å²) in [5.74, 6) is -1.79. The zero-order chi connectivity index (χ0) is 39.5. The van der Waals surface area contributed by atoms with E-state index in [1.165, 1.54) is 6.07 Å². The van der Waals surface area contributed by atoms with E-state index in [1.54, 1.807) is 36.7 Å². The number of alkyl halides is 2. The van der Waals surface area contributed by atoms with Crippen LogP contribution < -0.4 is 0 Å². The molecule has 0 radical (unpaired) electrons. The van der Waals surface area contributed by atoms with E-state index >= 15 is 8.78 Å². The van der Waals surface area contributed by atoms with Crippen LogP contribution in [-0.2, 0) is 5.92 Å². The number of aromatic nitrogens is 5. The average molecular weight is 764 g/mol. The van der Waals surface area contributed by atoms with Crippen LogP contribution in [0.15, 0.2) is 188 Å². The molecule has 0 N–H and O–H groups in total. The number of hydrogen-bond donors (Lipinski definition) is 0. The topological polar surface area (TPSA) is 64.5 Å². The van der Waals surface area contributed by atoms with Gasteiger partial charge in [0.05, 0.1) is 11.0 Å². The minimum absolute atomic E-state index is 0.0353. The molecule has 0 unspecified atom stereocenters. The molecular formula is C52H31F2N5. The molecule has 5 nitrogen and oxygen atoms in total. The van der Waals surface area contributed by atoms with E-state index in [-0.39, 0.29) is 11.1 Å². The summed E-state index contributed by atoms with van der Waals surface area (Å²) in [5, 5.41) is 2.06. The van der Waals surface area contributed by atoms with Crippen LogP contribution in [-0.4, -0.2) is 24.9 Å². The molecule has 278 valence electrons. The van der Waals surface area contributed by atoms with Gasteiger partial charge in [0, 0.05) is 62.1 Å². The van der Waals surface area contributed by atoms with Crippen molar-refractivity contribution in [1.29, 1.82) is 0 Å². The molecule has 0 aliphatic heterocycles. The molecule has 59 heavy (non-hydrogen) atoms. The lowest BCUT2D eigenvalue weighted by Crippen LogP contribution is -2.10. The van der Waals surface area contributed by atoms with Crippen LogP contribution >= 0.6 is 0 Å². The first-order valence-corrected chi connectivity index (χ1v) is 19.4. The van der Waals surface area contributed by atoms with Gasteiger partial charge >= 0.3 is 0 Å². The summed E-state index contributed by atoms with van der Waals surface area (Å²) in [5.41, 5.74) is 10.4. The van der Waals surface area contributed by atoms with E-state index < -0.39 is 5.92 Å². The summed E-state index contributed by atoms with van der Waals surface area (Å²) in [4.78, 5) is 24.1. The van der Waals surface area contributed by atoms with E-state index in [1.807, 2.05) is 91.0 Å². The number of benzene rings is 7. The predicted octanol–water partition coefficient (Wildman–Crippen LogP) is 13.1. The Morgan fingerprint density at radius 2 is 0.763 bits per heavy atom. The molecule has 3 aromatic heterocycles. The number of pyridine rings is 2. The highest BCUT2D eigenvalue weighted by atomic mass is 19.3. The summed E-state index contributed by atoms with van der Waals surface area (Å²) < 4.78 is 32.8. The fourth-order valence-corrected chi connectivity index (χ4v) is 8.26. The van der Waals surface area contributed by atoms with Gasteiger partial charge < -0.3 is 0 Å². The van der Waals surface area contributed by atoms with Crippen molar-refractivity contribution in [1.82, 2.24) is 24.9 Å². The van der Waals surface area contributed by atoms with Gasteiger partial charge in [0.15, 0.2) is 17.5 Å². The molecule has 0 saturated carbocycles.